The Kier molecular flexibility index (Phi) is 8.53. The molecule has 0 atom stereocenters. The Bertz CT molecular complexity index is 1200. The Labute approximate surface area is 208 Å². The molecule has 0 N–H and O–H groups in total. The summed E-state index contributed by atoms with van der Waals surface area (Å²) < 4.78 is 16.3. The number of rotatable bonds is 8. The van der Waals surface area contributed by atoms with Crippen molar-refractivity contribution in [2.75, 3.05) is 13.2 Å². The van der Waals surface area contributed by atoms with Crippen molar-refractivity contribution in [2.45, 2.75) is 34.1 Å². The fourth-order valence-corrected chi connectivity index (χ4v) is 4.03. The van der Waals surface area contributed by atoms with Gasteiger partial charge in [-0.05, 0) is 76.1 Å². The first-order chi connectivity index (χ1) is 16.3. The van der Waals surface area contributed by atoms with Gasteiger partial charge < -0.3 is 13.9 Å². The quantitative estimate of drug-likeness (QED) is 0.313. The summed E-state index contributed by atoms with van der Waals surface area (Å²) >= 11 is 12.4. The number of halogens is 2. The van der Waals surface area contributed by atoms with Gasteiger partial charge in [0.2, 0.25) is 0 Å². The maximum absolute atomic E-state index is 12.7. The summed E-state index contributed by atoms with van der Waals surface area (Å²) in [6.07, 6.45) is 3.83. The molecule has 3 rings (SSSR count). The number of pyridine rings is 1. The molecule has 3 aromatic rings. The predicted octanol–water partition coefficient (Wildman–Crippen LogP) is 6.87. The van der Waals surface area contributed by atoms with Crippen LogP contribution in [0.4, 0.5) is 0 Å². The van der Waals surface area contributed by atoms with E-state index in [1.165, 1.54) is 0 Å². The van der Waals surface area contributed by atoms with Gasteiger partial charge in [0.25, 0.3) is 0 Å². The minimum Gasteiger partial charge on any atom is -0.462 e. The van der Waals surface area contributed by atoms with E-state index in [9.17, 15) is 9.59 Å². The van der Waals surface area contributed by atoms with Crippen molar-refractivity contribution in [3.63, 3.8) is 0 Å². The summed E-state index contributed by atoms with van der Waals surface area (Å²) in [6.45, 7) is 7.29. The zero-order valence-electron chi connectivity index (χ0n) is 19.4. The molecular weight excluding hydrogens is 477 g/mol. The summed E-state index contributed by atoms with van der Waals surface area (Å²) in [5.41, 5.74) is 2.70. The van der Waals surface area contributed by atoms with Crippen LogP contribution in [0.1, 0.15) is 57.3 Å². The monoisotopic (exact) mass is 501 g/mol. The van der Waals surface area contributed by atoms with Gasteiger partial charge in [-0.1, -0.05) is 29.3 Å². The van der Waals surface area contributed by atoms with Crippen LogP contribution in [0, 0.1) is 13.8 Å². The van der Waals surface area contributed by atoms with Crippen LogP contribution in [-0.2, 0) is 15.9 Å². The van der Waals surface area contributed by atoms with Gasteiger partial charge in [-0.25, -0.2) is 9.59 Å². The lowest BCUT2D eigenvalue weighted by Gasteiger charge is -2.16. The Hall–Kier alpha value is -3.09. The second-order valence-electron chi connectivity index (χ2n) is 7.38. The highest BCUT2D eigenvalue weighted by atomic mass is 35.5. The van der Waals surface area contributed by atoms with Gasteiger partial charge in [-0.3, -0.25) is 4.98 Å². The normalized spacial score (nSPS) is 11.1. The van der Waals surface area contributed by atoms with Crippen LogP contribution < -0.4 is 0 Å². The molecule has 8 heteroatoms. The van der Waals surface area contributed by atoms with Gasteiger partial charge in [0.1, 0.15) is 11.5 Å². The number of aryl methyl sites for hydroxylation is 2. The highest BCUT2D eigenvalue weighted by Gasteiger charge is 2.26. The van der Waals surface area contributed by atoms with E-state index in [0.717, 1.165) is 0 Å². The topological polar surface area (TPSA) is 78.6 Å². The molecule has 0 aliphatic carbocycles. The summed E-state index contributed by atoms with van der Waals surface area (Å²) in [4.78, 5) is 29.8. The Balaban J connectivity index is 1.97. The number of nitrogens with zero attached hydrogens (tertiary/aromatic N) is 1. The van der Waals surface area contributed by atoms with E-state index in [0.29, 0.717) is 44.1 Å². The SMILES string of the molecule is CCOC(=O)c1c(C)nc(C)c(C(=O)OCC)c1CC=Cc1ccc(-c2cc(Cl)ccc2Cl)o1. The average molecular weight is 502 g/mol. The van der Waals surface area contributed by atoms with Crippen molar-refractivity contribution in [1.82, 2.24) is 4.98 Å². The van der Waals surface area contributed by atoms with Crippen LogP contribution in [0.15, 0.2) is 40.8 Å². The molecule has 0 aliphatic rings. The zero-order valence-corrected chi connectivity index (χ0v) is 20.9. The van der Waals surface area contributed by atoms with E-state index >= 15 is 0 Å². The number of benzene rings is 1. The molecule has 0 saturated heterocycles. The second kappa shape index (κ2) is 11.4. The molecule has 6 nitrogen and oxygen atoms in total. The van der Waals surface area contributed by atoms with Crippen molar-refractivity contribution in [2.24, 2.45) is 0 Å². The average Bonchev–Trinajstić information content (AvgIpc) is 3.24. The number of carbonyl (C=O) groups is 2. The Morgan fingerprint density at radius 1 is 0.971 bits per heavy atom. The third-order valence-corrected chi connectivity index (χ3v) is 5.61. The molecule has 0 bridgehead atoms. The number of hydrogen-bond acceptors (Lipinski definition) is 6. The molecule has 2 heterocycles. The van der Waals surface area contributed by atoms with Crippen molar-refractivity contribution in [1.29, 1.82) is 0 Å². The molecule has 0 fully saturated rings. The van der Waals surface area contributed by atoms with Crippen LogP contribution in [0.2, 0.25) is 10.0 Å². The first kappa shape index (κ1) is 25.5. The van der Waals surface area contributed by atoms with Gasteiger partial charge >= 0.3 is 11.9 Å². The number of ether oxygens (including phenoxy) is 2. The van der Waals surface area contributed by atoms with Gasteiger partial charge in [-0.2, -0.15) is 0 Å². The van der Waals surface area contributed by atoms with Crippen LogP contribution in [-0.4, -0.2) is 30.1 Å². The molecular formula is C26H25Cl2NO5. The minimum absolute atomic E-state index is 0.206. The van der Waals surface area contributed by atoms with E-state index in [-0.39, 0.29) is 30.8 Å². The van der Waals surface area contributed by atoms with Crippen LogP contribution in [0.25, 0.3) is 17.4 Å². The highest BCUT2D eigenvalue weighted by Crippen LogP contribution is 2.32. The molecule has 0 aliphatic heterocycles. The fraction of sp³-hybridized carbons (Fsp3) is 0.269. The second-order valence-corrected chi connectivity index (χ2v) is 8.23. The number of allylic oxidation sites excluding steroid dienone is 1. The third-order valence-electron chi connectivity index (χ3n) is 5.05. The van der Waals surface area contributed by atoms with Gasteiger partial charge in [0, 0.05) is 10.6 Å². The smallest absolute Gasteiger partial charge is 0.340 e. The molecule has 0 radical (unpaired) electrons. The Morgan fingerprint density at radius 2 is 1.59 bits per heavy atom. The summed E-state index contributed by atoms with van der Waals surface area (Å²) in [5.74, 6) is 0.0840. The Morgan fingerprint density at radius 3 is 2.18 bits per heavy atom. The molecule has 2 aromatic heterocycles. The molecule has 34 heavy (non-hydrogen) atoms. The van der Waals surface area contributed by atoms with Crippen molar-refractivity contribution in [3.05, 3.63) is 80.3 Å². The maximum Gasteiger partial charge on any atom is 0.340 e. The molecule has 0 amide bonds. The fourth-order valence-electron chi connectivity index (χ4n) is 3.64. The lowest BCUT2D eigenvalue weighted by Crippen LogP contribution is -2.19. The number of hydrogen-bond donors (Lipinski definition) is 0. The standard InChI is InChI=1S/C26H25Cl2NO5/c1-5-32-25(30)23-15(3)29-16(4)24(26(31)33-6-2)19(23)9-7-8-18-11-13-22(34-18)20-14-17(27)10-12-21(20)28/h7-8,10-14H,5-6,9H2,1-4H3. The van der Waals surface area contributed by atoms with Crippen molar-refractivity contribution < 1.29 is 23.5 Å². The van der Waals surface area contributed by atoms with Crippen LogP contribution in [0.5, 0.6) is 0 Å². The summed E-state index contributed by atoms with van der Waals surface area (Å²) in [7, 11) is 0. The van der Waals surface area contributed by atoms with Crippen LogP contribution in [0.3, 0.4) is 0 Å². The minimum atomic E-state index is -0.530. The summed E-state index contributed by atoms with van der Waals surface area (Å²) in [5, 5.41) is 1.07. The maximum atomic E-state index is 12.7. The number of esters is 2. The molecule has 0 unspecified atom stereocenters. The molecule has 0 spiro atoms. The first-order valence-corrected chi connectivity index (χ1v) is 11.6. The largest absolute Gasteiger partial charge is 0.462 e. The number of carbonyl (C=O) groups excluding carboxylic acids is 2. The van der Waals surface area contributed by atoms with E-state index < -0.39 is 11.9 Å². The summed E-state index contributed by atoms with van der Waals surface area (Å²) in [6, 6.07) is 8.74. The van der Waals surface area contributed by atoms with Crippen molar-refractivity contribution in [3.8, 4) is 11.3 Å². The highest BCUT2D eigenvalue weighted by molar-refractivity contribution is 6.35. The van der Waals surface area contributed by atoms with E-state index in [2.05, 4.69) is 4.98 Å². The predicted molar refractivity (Wildman–Crippen MR) is 133 cm³/mol. The molecule has 178 valence electrons. The van der Waals surface area contributed by atoms with E-state index in [4.69, 9.17) is 37.1 Å². The van der Waals surface area contributed by atoms with E-state index in [1.54, 1.807) is 64.1 Å². The van der Waals surface area contributed by atoms with E-state index in [1.807, 2.05) is 6.08 Å². The molecule has 1 aromatic carbocycles. The third kappa shape index (κ3) is 5.69. The van der Waals surface area contributed by atoms with Gasteiger partial charge in [0.05, 0.1) is 40.8 Å². The van der Waals surface area contributed by atoms with Gasteiger partial charge in [0.15, 0.2) is 0 Å². The number of furan rings is 1. The zero-order chi connectivity index (χ0) is 24.8. The van der Waals surface area contributed by atoms with Gasteiger partial charge in [-0.15, -0.1) is 0 Å². The number of aromatic nitrogens is 1. The lowest BCUT2D eigenvalue weighted by atomic mass is 9.95. The van der Waals surface area contributed by atoms with Crippen molar-refractivity contribution >= 4 is 41.2 Å². The van der Waals surface area contributed by atoms with Crippen LogP contribution >= 0.6 is 23.2 Å². The lowest BCUT2D eigenvalue weighted by molar-refractivity contribution is 0.0521. The first-order valence-electron chi connectivity index (χ1n) is 10.8. The molecule has 0 saturated carbocycles.